The first-order valence-electron chi connectivity index (χ1n) is 8.33. The molecule has 0 heterocycles. The van der Waals surface area contributed by atoms with E-state index in [1.54, 1.807) is 24.3 Å². The summed E-state index contributed by atoms with van der Waals surface area (Å²) in [6, 6.07) is 8.12. The molecule has 2 amide bonds. The standard InChI is InChI=1S/C19H20FN3O4/c1-11(2)8-17(24)21-14-4-6-15(7-5-14)22-19(25)16-10-13(20)9-12(3)18(16)23(26)27/h4-7,9-11H,8H2,1-3H3,(H,21,24)(H,22,25). The molecule has 2 aromatic carbocycles. The Morgan fingerprint density at radius 2 is 1.67 bits per heavy atom. The van der Waals surface area contributed by atoms with Gasteiger partial charge >= 0.3 is 0 Å². The van der Waals surface area contributed by atoms with Gasteiger partial charge in [-0.15, -0.1) is 0 Å². The summed E-state index contributed by atoms with van der Waals surface area (Å²) in [6.07, 6.45) is 0.390. The van der Waals surface area contributed by atoms with Crippen molar-refractivity contribution < 1.29 is 18.9 Å². The molecule has 0 radical (unpaired) electrons. The van der Waals surface area contributed by atoms with Crippen LogP contribution in [0.2, 0.25) is 0 Å². The smallest absolute Gasteiger partial charge is 0.285 e. The number of hydrogen-bond acceptors (Lipinski definition) is 4. The molecule has 0 bridgehead atoms. The van der Waals surface area contributed by atoms with Gasteiger partial charge in [-0.3, -0.25) is 19.7 Å². The Morgan fingerprint density at radius 1 is 1.11 bits per heavy atom. The molecule has 8 heteroatoms. The average Bonchev–Trinajstić information content (AvgIpc) is 2.54. The van der Waals surface area contributed by atoms with E-state index in [1.807, 2.05) is 13.8 Å². The third-order valence-corrected chi connectivity index (χ3v) is 3.71. The Hall–Kier alpha value is -3.29. The van der Waals surface area contributed by atoms with E-state index in [0.29, 0.717) is 17.8 Å². The molecule has 0 aliphatic carbocycles. The predicted octanol–water partition coefficient (Wildman–Crippen LogP) is 4.28. The van der Waals surface area contributed by atoms with Gasteiger partial charge in [0, 0.05) is 23.4 Å². The third-order valence-electron chi connectivity index (χ3n) is 3.71. The number of benzene rings is 2. The molecule has 0 unspecified atom stereocenters. The summed E-state index contributed by atoms with van der Waals surface area (Å²) >= 11 is 0. The van der Waals surface area contributed by atoms with Gasteiger partial charge in [-0.05, 0) is 49.2 Å². The lowest BCUT2D eigenvalue weighted by molar-refractivity contribution is -0.385. The Labute approximate surface area is 155 Å². The zero-order chi connectivity index (χ0) is 20.1. The third kappa shape index (κ3) is 5.34. The molecule has 7 nitrogen and oxygen atoms in total. The van der Waals surface area contributed by atoms with E-state index in [1.165, 1.54) is 6.92 Å². The molecule has 0 aliphatic rings. The first-order chi connectivity index (χ1) is 12.7. The van der Waals surface area contributed by atoms with Crippen LogP contribution in [0, 0.1) is 28.8 Å². The zero-order valence-corrected chi connectivity index (χ0v) is 15.2. The van der Waals surface area contributed by atoms with Gasteiger partial charge in [0.1, 0.15) is 11.4 Å². The van der Waals surface area contributed by atoms with Gasteiger partial charge in [0.25, 0.3) is 11.6 Å². The van der Waals surface area contributed by atoms with Gasteiger partial charge in [0.15, 0.2) is 0 Å². The normalized spacial score (nSPS) is 10.6. The van der Waals surface area contributed by atoms with Crippen LogP contribution in [0.25, 0.3) is 0 Å². The van der Waals surface area contributed by atoms with Gasteiger partial charge in [-0.25, -0.2) is 4.39 Å². The second kappa shape index (κ2) is 8.39. The summed E-state index contributed by atoms with van der Waals surface area (Å²) in [7, 11) is 0. The second-order valence-electron chi connectivity index (χ2n) is 6.55. The maximum atomic E-state index is 13.6. The quantitative estimate of drug-likeness (QED) is 0.583. The largest absolute Gasteiger partial charge is 0.326 e. The first-order valence-corrected chi connectivity index (χ1v) is 8.33. The Balaban J connectivity index is 2.15. The SMILES string of the molecule is Cc1cc(F)cc(C(=O)Nc2ccc(NC(=O)CC(C)C)cc2)c1[N+](=O)[O-]. The molecule has 2 aromatic rings. The number of aryl methyl sites for hydroxylation is 1. The molecular weight excluding hydrogens is 353 g/mol. The van der Waals surface area contributed by atoms with Crippen molar-refractivity contribution in [3.8, 4) is 0 Å². The van der Waals surface area contributed by atoms with Crippen LogP contribution >= 0.6 is 0 Å². The van der Waals surface area contributed by atoms with Crippen molar-refractivity contribution in [1.29, 1.82) is 0 Å². The highest BCUT2D eigenvalue weighted by molar-refractivity contribution is 6.07. The number of nitro groups is 1. The molecule has 2 N–H and O–H groups in total. The van der Waals surface area contributed by atoms with Crippen LogP contribution in [0.1, 0.15) is 36.2 Å². The molecule has 0 spiro atoms. The maximum absolute atomic E-state index is 13.6. The molecule has 2 rings (SSSR count). The maximum Gasteiger partial charge on any atom is 0.285 e. The Morgan fingerprint density at radius 3 is 2.19 bits per heavy atom. The number of anilines is 2. The van der Waals surface area contributed by atoms with Gasteiger partial charge in [-0.2, -0.15) is 0 Å². The van der Waals surface area contributed by atoms with E-state index < -0.39 is 22.3 Å². The van der Waals surface area contributed by atoms with Gasteiger partial charge < -0.3 is 10.6 Å². The van der Waals surface area contributed by atoms with Crippen molar-refractivity contribution >= 4 is 28.9 Å². The van der Waals surface area contributed by atoms with Crippen LogP contribution in [0.15, 0.2) is 36.4 Å². The minimum absolute atomic E-state index is 0.0633. The number of nitro benzene ring substituents is 1. The highest BCUT2D eigenvalue weighted by Crippen LogP contribution is 2.26. The monoisotopic (exact) mass is 373 g/mol. The van der Waals surface area contributed by atoms with Crippen molar-refractivity contribution in [1.82, 2.24) is 0 Å². The zero-order valence-electron chi connectivity index (χ0n) is 15.2. The highest BCUT2D eigenvalue weighted by Gasteiger charge is 2.24. The summed E-state index contributed by atoms with van der Waals surface area (Å²) in [6.45, 7) is 5.24. The van der Waals surface area contributed by atoms with Crippen molar-refractivity contribution in [2.45, 2.75) is 27.2 Å². The van der Waals surface area contributed by atoms with E-state index >= 15 is 0 Å². The highest BCUT2D eigenvalue weighted by atomic mass is 19.1. The number of amides is 2. The molecule has 0 saturated heterocycles. The number of carbonyl (C=O) groups excluding carboxylic acids is 2. The minimum atomic E-state index is -0.791. The summed E-state index contributed by atoms with van der Waals surface area (Å²) in [5, 5.41) is 16.4. The van der Waals surface area contributed by atoms with Crippen LogP contribution in [-0.2, 0) is 4.79 Å². The van der Waals surface area contributed by atoms with Crippen LogP contribution in [0.5, 0.6) is 0 Å². The Kier molecular flexibility index (Phi) is 6.23. The number of nitrogens with zero attached hydrogens (tertiary/aromatic N) is 1. The topological polar surface area (TPSA) is 101 Å². The van der Waals surface area contributed by atoms with Crippen molar-refractivity contribution in [3.05, 3.63) is 63.5 Å². The summed E-state index contributed by atoms with van der Waals surface area (Å²) in [5.41, 5.74) is 0.191. The van der Waals surface area contributed by atoms with Crippen molar-refractivity contribution in [2.75, 3.05) is 10.6 Å². The molecule has 0 aromatic heterocycles. The Bertz CT molecular complexity index is 879. The van der Waals surface area contributed by atoms with Crippen molar-refractivity contribution in [2.24, 2.45) is 5.92 Å². The molecular formula is C19H20FN3O4. The lowest BCUT2D eigenvalue weighted by Crippen LogP contribution is -2.16. The van der Waals surface area contributed by atoms with Gasteiger partial charge in [-0.1, -0.05) is 13.8 Å². The molecule has 0 saturated carbocycles. The minimum Gasteiger partial charge on any atom is -0.326 e. The van der Waals surface area contributed by atoms with Crippen LogP contribution in [-0.4, -0.2) is 16.7 Å². The number of carbonyl (C=O) groups is 2. The van der Waals surface area contributed by atoms with E-state index in [2.05, 4.69) is 10.6 Å². The summed E-state index contributed by atoms with van der Waals surface area (Å²) in [5.74, 6) is -1.41. The fraction of sp³-hybridized carbons (Fsp3) is 0.263. The van der Waals surface area contributed by atoms with Gasteiger partial charge in [0.2, 0.25) is 5.91 Å². The first kappa shape index (κ1) is 20.0. The molecule has 0 fully saturated rings. The van der Waals surface area contributed by atoms with Crippen LogP contribution < -0.4 is 10.6 Å². The summed E-state index contributed by atoms with van der Waals surface area (Å²) < 4.78 is 13.6. The number of rotatable bonds is 6. The fourth-order valence-electron chi connectivity index (χ4n) is 2.57. The summed E-state index contributed by atoms with van der Waals surface area (Å²) in [4.78, 5) is 34.6. The van der Waals surface area contributed by atoms with E-state index in [-0.39, 0.29) is 23.0 Å². The van der Waals surface area contributed by atoms with Crippen LogP contribution in [0.3, 0.4) is 0 Å². The van der Waals surface area contributed by atoms with E-state index in [0.717, 1.165) is 12.1 Å². The molecule has 0 aliphatic heterocycles. The molecule has 0 atom stereocenters. The lowest BCUT2D eigenvalue weighted by atomic mass is 10.1. The van der Waals surface area contributed by atoms with E-state index in [4.69, 9.17) is 0 Å². The lowest BCUT2D eigenvalue weighted by Gasteiger charge is -2.10. The van der Waals surface area contributed by atoms with Crippen LogP contribution in [0.4, 0.5) is 21.5 Å². The number of nitrogens with one attached hydrogen (secondary N) is 2. The number of halogens is 1. The van der Waals surface area contributed by atoms with E-state index in [9.17, 15) is 24.1 Å². The average molecular weight is 373 g/mol. The van der Waals surface area contributed by atoms with Gasteiger partial charge in [0.05, 0.1) is 4.92 Å². The van der Waals surface area contributed by atoms with Crippen molar-refractivity contribution in [3.63, 3.8) is 0 Å². The predicted molar refractivity (Wildman–Crippen MR) is 100 cm³/mol. The number of hydrogen-bond donors (Lipinski definition) is 2. The molecule has 142 valence electrons. The fourth-order valence-corrected chi connectivity index (χ4v) is 2.57. The molecule has 27 heavy (non-hydrogen) atoms. The second-order valence-corrected chi connectivity index (χ2v) is 6.55.